The second kappa shape index (κ2) is 5.22. The zero-order valence-corrected chi connectivity index (χ0v) is 10.6. The highest BCUT2D eigenvalue weighted by molar-refractivity contribution is 4.92. The molecule has 1 unspecified atom stereocenters. The first-order valence-corrected chi connectivity index (χ1v) is 6.98. The van der Waals surface area contributed by atoms with Gasteiger partial charge in [-0.2, -0.15) is 0 Å². The summed E-state index contributed by atoms with van der Waals surface area (Å²) in [6.07, 6.45) is 3.95. The molecule has 0 radical (unpaired) electrons. The van der Waals surface area contributed by atoms with Crippen molar-refractivity contribution in [2.75, 3.05) is 52.6 Å². The van der Waals surface area contributed by atoms with Crippen molar-refractivity contribution in [3.05, 3.63) is 0 Å². The van der Waals surface area contributed by atoms with Gasteiger partial charge in [0, 0.05) is 44.2 Å². The quantitative estimate of drug-likeness (QED) is 0.758. The molecule has 0 aromatic heterocycles. The minimum absolute atomic E-state index is 0.361. The highest BCUT2D eigenvalue weighted by Crippen LogP contribution is 2.31. The van der Waals surface area contributed by atoms with Gasteiger partial charge in [-0.1, -0.05) is 0 Å². The highest BCUT2D eigenvalue weighted by Gasteiger charge is 2.38. The Balaban J connectivity index is 1.53. The lowest BCUT2D eigenvalue weighted by molar-refractivity contribution is 0.0129. The van der Waals surface area contributed by atoms with E-state index in [-0.39, 0.29) is 0 Å². The van der Waals surface area contributed by atoms with Gasteiger partial charge in [0.05, 0.1) is 19.8 Å². The third-order valence-electron chi connectivity index (χ3n) is 4.19. The van der Waals surface area contributed by atoms with E-state index >= 15 is 0 Å². The topological polar surface area (TPSA) is 33.7 Å². The van der Waals surface area contributed by atoms with Crippen LogP contribution in [0.1, 0.15) is 19.3 Å². The van der Waals surface area contributed by atoms with Crippen LogP contribution < -0.4 is 5.32 Å². The lowest BCUT2D eigenvalue weighted by atomic mass is 9.86. The van der Waals surface area contributed by atoms with Gasteiger partial charge in [0.25, 0.3) is 0 Å². The van der Waals surface area contributed by atoms with Crippen LogP contribution >= 0.6 is 0 Å². The molecule has 2 saturated heterocycles. The molecule has 17 heavy (non-hydrogen) atoms. The standard InChI is InChI=1S/C13H24N2O2/c1-2-12(1)14-9-13(3-6-17-11-13)10-15-4-7-16-8-5-15/h12,14H,1-11H2. The van der Waals surface area contributed by atoms with Gasteiger partial charge in [-0.15, -0.1) is 0 Å². The summed E-state index contributed by atoms with van der Waals surface area (Å²) in [4.78, 5) is 2.55. The van der Waals surface area contributed by atoms with Crippen molar-refractivity contribution in [2.45, 2.75) is 25.3 Å². The normalized spacial score (nSPS) is 35.3. The molecule has 1 saturated carbocycles. The van der Waals surface area contributed by atoms with Crippen molar-refractivity contribution < 1.29 is 9.47 Å². The van der Waals surface area contributed by atoms with Gasteiger partial charge in [-0.05, 0) is 19.3 Å². The van der Waals surface area contributed by atoms with E-state index in [1.165, 1.54) is 25.8 Å². The minimum atomic E-state index is 0.361. The van der Waals surface area contributed by atoms with Crippen molar-refractivity contribution in [3.63, 3.8) is 0 Å². The number of nitrogens with zero attached hydrogens (tertiary/aromatic N) is 1. The summed E-state index contributed by atoms with van der Waals surface area (Å²) in [5.74, 6) is 0. The smallest absolute Gasteiger partial charge is 0.0594 e. The molecule has 3 aliphatic rings. The SMILES string of the molecule is C1CN(CC2(CNC3CC3)CCOC2)CCO1. The van der Waals surface area contributed by atoms with Crippen molar-refractivity contribution in [1.29, 1.82) is 0 Å². The molecule has 2 heterocycles. The lowest BCUT2D eigenvalue weighted by Gasteiger charge is -2.36. The third kappa shape index (κ3) is 3.19. The van der Waals surface area contributed by atoms with E-state index in [1.54, 1.807) is 0 Å². The minimum Gasteiger partial charge on any atom is -0.381 e. The monoisotopic (exact) mass is 240 g/mol. The Kier molecular flexibility index (Phi) is 3.66. The zero-order valence-electron chi connectivity index (χ0n) is 10.6. The molecule has 98 valence electrons. The van der Waals surface area contributed by atoms with Crippen molar-refractivity contribution >= 4 is 0 Å². The summed E-state index contributed by atoms with van der Waals surface area (Å²) in [6.45, 7) is 8.15. The van der Waals surface area contributed by atoms with Gasteiger partial charge in [0.2, 0.25) is 0 Å². The first-order chi connectivity index (χ1) is 8.36. The van der Waals surface area contributed by atoms with Crippen molar-refractivity contribution in [1.82, 2.24) is 10.2 Å². The van der Waals surface area contributed by atoms with Crippen LogP contribution in [0.3, 0.4) is 0 Å². The second-order valence-electron chi connectivity index (χ2n) is 5.85. The van der Waals surface area contributed by atoms with Gasteiger partial charge in [0.15, 0.2) is 0 Å². The number of nitrogens with one attached hydrogen (secondary N) is 1. The summed E-state index contributed by atoms with van der Waals surface area (Å²) >= 11 is 0. The van der Waals surface area contributed by atoms with E-state index < -0.39 is 0 Å². The van der Waals surface area contributed by atoms with Crippen LogP contribution in [0.4, 0.5) is 0 Å². The van der Waals surface area contributed by atoms with Gasteiger partial charge < -0.3 is 14.8 Å². The summed E-state index contributed by atoms with van der Waals surface area (Å²) < 4.78 is 11.1. The molecule has 1 atom stereocenters. The van der Waals surface area contributed by atoms with Crippen LogP contribution in [-0.2, 0) is 9.47 Å². The van der Waals surface area contributed by atoms with Gasteiger partial charge in [-0.3, -0.25) is 4.90 Å². The Morgan fingerprint density at radius 2 is 1.94 bits per heavy atom. The van der Waals surface area contributed by atoms with Crippen LogP contribution in [0.25, 0.3) is 0 Å². The molecule has 3 fully saturated rings. The van der Waals surface area contributed by atoms with E-state index in [2.05, 4.69) is 10.2 Å². The third-order valence-corrected chi connectivity index (χ3v) is 4.19. The first-order valence-electron chi connectivity index (χ1n) is 6.98. The lowest BCUT2D eigenvalue weighted by Crippen LogP contribution is -2.48. The maximum atomic E-state index is 5.66. The molecule has 1 N–H and O–H groups in total. The number of hydrogen-bond acceptors (Lipinski definition) is 4. The number of ether oxygens (including phenoxy) is 2. The molecule has 4 nitrogen and oxygen atoms in total. The molecule has 1 aliphatic carbocycles. The molecule has 0 spiro atoms. The summed E-state index contributed by atoms with van der Waals surface area (Å²) in [5, 5.41) is 3.69. The fraction of sp³-hybridized carbons (Fsp3) is 1.00. The van der Waals surface area contributed by atoms with Crippen LogP contribution in [0.2, 0.25) is 0 Å². The number of hydrogen-bond donors (Lipinski definition) is 1. The Bertz CT molecular complexity index is 244. The van der Waals surface area contributed by atoms with Crippen molar-refractivity contribution in [2.24, 2.45) is 5.41 Å². The van der Waals surface area contributed by atoms with E-state index in [0.717, 1.165) is 52.1 Å². The molecular formula is C13H24N2O2. The zero-order chi connectivity index (χ0) is 11.6. The number of rotatable bonds is 5. The average molecular weight is 240 g/mol. The van der Waals surface area contributed by atoms with E-state index in [1.807, 2.05) is 0 Å². The van der Waals surface area contributed by atoms with Crippen molar-refractivity contribution in [3.8, 4) is 0 Å². The predicted octanol–water partition coefficient (Wildman–Crippen LogP) is 0.477. The maximum Gasteiger partial charge on any atom is 0.0594 e. The predicted molar refractivity (Wildman–Crippen MR) is 66.2 cm³/mol. The Morgan fingerprint density at radius 1 is 1.12 bits per heavy atom. The highest BCUT2D eigenvalue weighted by atomic mass is 16.5. The van der Waals surface area contributed by atoms with Gasteiger partial charge in [-0.25, -0.2) is 0 Å². The molecule has 3 rings (SSSR count). The Labute approximate surface area is 104 Å². The summed E-state index contributed by atoms with van der Waals surface area (Å²) in [5.41, 5.74) is 0.361. The van der Waals surface area contributed by atoms with E-state index in [4.69, 9.17) is 9.47 Å². The fourth-order valence-electron chi connectivity index (χ4n) is 2.85. The largest absolute Gasteiger partial charge is 0.381 e. The van der Waals surface area contributed by atoms with E-state index in [0.29, 0.717) is 5.41 Å². The Hall–Kier alpha value is -0.160. The summed E-state index contributed by atoms with van der Waals surface area (Å²) in [6, 6.07) is 0.803. The molecule has 2 aliphatic heterocycles. The van der Waals surface area contributed by atoms with E-state index in [9.17, 15) is 0 Å². The molecule has 0 bridgehead atoms. The maximum absolute atomic E-state index is 5.66. The molecule has 4 heteroatoms. The molecule has 0 aromatic carbocycles. The van der Waals surface area contributed by atoms with Gasteiger partial charge >= 0.3 is 0 Å². The van der Waals surface area contributed by atoms with Crippen LogP contribution in [0.15, 0.2) is 0 Å². The fourth-order valence-corrected chi connectivity index (χ4v) is 2.85. The van der Waals surface area contributed by atoms with Crippen LogP contribution in [0, 0.1) is 5.41 Å². The van der Waals surface area contributed by atoms with Crippen LogP contribution in [0.5, 0.6) is 0 Å². The first kappa shape index (κ1) is 11.9. The second-order valence-corrected chi connectivity index (χ2v) is 5.85. The summed E-state index contributed by atoms with van der Waals surface area (Å²) in [7, 11) is 0. The number of morpholine rings is 1. The molecule has 0 amide bonds. The molecule has 0 aromatic rings. The van der Waals surface area contributed by atoms with Gasteiger partial charge in [0.1, 0.15) is 0 Å². The average Bonchev–Trinajstić information content (AvgIpc) is 3.09. The molecular weight excluding hydrogens is 216 g/mol. The van der Waals surface area contributed by atoms with Crippen LogP contribution in [-0.4, -0.2) is 63.5 Å². The Morgan fingerprint density at radius 3 is 2.59 bits per heavy atom.